The Morgan fingerprint density at radius 3 is 2.37 bits per heavy atom. The van der Waals surface area contributed by atoms with Gasteiger partial charge in [-0.2, -0.15) is 0 Å². The first kappa shape index (κ1) is 21.0. The summed E-state index contributed by atoms with van der Waals surface area (Å²) in [6.07, 6.45) is 0. The molecule has 1 unspecified atom stereocenters. The molecule has 0 bridgehead atoms. The van der Waals surface area contributed by atoms with E-state index in [1.165, 1.54) is 31.4 Å². The summed E-state index contributed by atoms with van der Waals surface area (Å²) in [6, 6.07) is 18.6. The summed E-state index contributed by atoms with van der Waals surface area (Å²) in [5, 5.41) is 13.6. The molecule has 0 aliphatic rings. The topological polar surface area (TPSA) is 102 Å². The highest BCUT2D eigenvalue weighted by Crippen LogP contribution is 2.31. The van der Waals surface area contributed by atoms with Crippen LogP contribution < -0.4 is 15.8 Å². The van der Waals surface area contributed by atoms with Crippen LogP contribution >= 0.6 is 0 Å². The Bertz CT molecular complexity index is 1070. The molecule has 3 aromatic carbocycles. The van der Waals surface area contributed by atoms with Gasteiger partial charge >= 0.3 is 0 Å². The number of benzene rings is 3. The van der Waals surface area contributed by atoms with Crippen molar-refractivity contribution in [2.45, 2.75) is 12.1 Å². The number of aliphatic hydroxyl groups is 1. The number of carbonyl (C=O) groups is 2. The lowest BCUT2D eigenvalue weighted by Crippen LogP contribution is -2.42. The molecule has 6 nitrogen and oxygen atoms in total. The number of hydrogen-bond donors (Lipinski definition) is 3. The van der Waals surface area contributed by atoms with Crippen LogP contribution in [0.15, 0.2) is 72.8 Å². The fourth-order valence-electron chi connectivity index (χ4n) is 3.18. The molecule has 7 heteroatoms. The predicted molar refractivity (Wildman–Crippen MR) is 109 cm³/mol. The zero-order chi connectivity index (χ0) is 21.7. The molecule has 2 amide bonds. The number of amides is 2. The first-order valence-corrected chi connectivity index (χ1v) is 9.16. The van der Waals surface area contributed by atoms with Crippen LogP contribution in [-0.4, -0.2) is 24.0 Å². The predicted octanol–water partition coefficient (Wildman–Crippen LogP) is 2.49. The molecule has 0 aromatic heterocycles. The van der Waals surface area contributed by atoms with Crippen molar-refractivity contribution in [1.29, 1.82) is 0 Å². The summed E-state index contributed by atoms with van der Waals surface area (Å²) in [7, 11) is 1.47. The van der Waals surface area contributed by atoms with Gasteiger partial charge in [-0.3, -0.25) is 9.59 Å². The van der Waals surface area contributed by atoms with Crippen molar-refractivity contribution < 1.29 is 23.8 Å². The smallest absolute Gasteiger partial charge is 0.258 e. The Kier molecular flexibility index (Phi) is 6.13. The first-order chi connectivity index (χ1) is 14.4. The van der Waals surface area contributed by atoms with E-state index in [0.717, 1.165) is 6.07 Å². The maximum Gasteiger partial charge on any atom is 0.258 e. The Morgan fingerprint density at radius 2 is 1.73 bits per heavy atom. The SMILES string of the molecule is COc1ccccc1C(=O)NCc1ccc(C(O)(C(N)=O)c2ccccc2)c(F)c1. The van der Waals surface area contributed by atoms with E-state index < -0.39 is 17.3 Å². The minimum absolute atomic E-state index is 0.0361. The molecule has 1 atom stereocenters. The van der Waals surface area contributed by atoms with E-state index in [1.807, 2.05) is 0 Å². The van der Waals surface area contributed by atoms with Gasteiger partial charge in [0.05, 0.1) is 12.7 Å². The van der Waals surface area contributed by atoms with Gasteiger partial charge in [-0.25, -0.2) is 4.39 Å². The maximum atomic E-state index is 14.9. The lowest BCUT2D eigenvalue weighted by Gasteiger charge is -2.26. The summed E-state index contributed by atoms with van der Waals surface area (Å²) >= 11 is 0. The molecular weight excluding hydrogens is 387 g/mol. The number of primary amides is 1. The van der Waals surface area contributed by atoms with Gasteiger partial charge in [0.25, 0.3) is 11.8 Å². The lowest BCUT2D eigenvalue weighted by molar-refractivity contribution is -0.133. The summed E-state index contributed by atoms with van der Waals surface area (Å²) in [6.45, 7) is 0.0361. The molecule has 0 saturated carbocycles. The molecule has 0 radical (unpaired) electrons. The van der Waals surface area contributed by atoms with Crippen LogP contribution in [0.2, 0.25) is 0 Å². The number of hydrogen-bond acceptors (Lipinski definition) is 4. The molecular formula is C23H21FN2O4. The van der Waals surface area contributed by atoms with Crippen LogP contribution in [0, 0.1) is 5.82 Å². The average Bonchev–Trinajstić information content (AvgIpc) is 2.77. The molecule has 4 N–H and O–H groups in total. The molecule has 0 aliphatic heterocycles. The van der Waals surface area contributed by atoms with E-state index in [-0.39, 0.29) is 23.6 Å². The molecule has 0 fully saturated rings. The molecule has 30 heavy (non-hydrogen) atoms. The largest absolute Gasteiger partial charge is 0.496 e. The molecule has 0 heterocycles. The van der Waals surface area contributed by atoms with Gasteiger partial charge in [-0.05, 0) is 29.3 Å². The van der Waals surface area contributed by atoms with Gasteiger partial charge in [-0.1, -0.05) is 54.6 Å². The van der Waals surface area contributed by atoms with E-state index in [2.05, 4.69) is 5.32 Å². The summed E-state index contributed by atoms with van der Waals surface area (Å²) in [5.41, 5.74) is 3.79. The number of carbonyl (C=O) groups excluding carboxylic acids is 2. The minimum Gasteiger partial charge on any atom is -0.496 e. The number of nitrogens with one attached hydrogen (secondary N) is 1. The zero-order valence-corrected chi connectivity index (χ0v) is 16.3. The van der Waals surface area contributed by atoms with E-state index in [4.69, 9.17) is 10.5 Å². The zero-order valence-electron chi connectivity index (χ0n) is 16.3. The van der Waals surface area contributed by atoms with Crippen LogP contribution in [0.3, 0.4) is 0 Å². The second-order valence-corrected chi connectivity index (χ2v) is 6.64. The fourth-order valence-corrected chi connectivity index (χ4v) is 3.18. The molecule has 0 aliphatic carbocycles. The minimum atomic E-state index is -2.31. The summed E-state index contributed by atoms with van der Waals surface area (Å²) in [4.78, 5) is 24.4. The quantitative estimate of drug-likeness (QED) is 0.559. The molecule has 3 rings (SSSR count). The van der Waals surface area contributed by atoms with Crippen LogP contribution in [0.5, 0.6) is 5.75 Å². The summed E-state index contributed by atoms with van der Waals surface area (Å²) < 4.78 is 20.0. The normalized spacial score (nSPS) is 12.6. The Labute approximate surface area is 173 Å². The van der Waals surface area contributed by atoms with Gasteiger partial charge in [0, 0.05) is 12.1 Å². The van der Waals surface area contributed by atoms with Crippen molar-refractivity contribution in [3.05, 3.63) is 101 Å². The van der Waals surface area contributed by atoms with Gasteiger partial charge in [0.15, 0.2) is 5.60 Å². The standard InChI is InChI=1S/C23H21FN2O4/c1-30-20-10-6-5-9-17(20)21(27)26-14-15-11-12-18(19(24)13-15)23(29,22(25)28)16-7-3-2-4-8-16/h2-13,29H,14H2,1H3,(H2,25,28)(H,26,27). The van der Waals surface area contributed by atoms with Crippen molar-refractivity contribution in [2.24, 2.45) is 5.73 Å². The van der Waals surface area contributed by atoms with Crippen LogP contribution in [0.4, 0.5) is 4.39 Å². The van der Waals surface area contributed by atoms with Crippen molar-refractivity contribution in [1.82, 2.24) is 5.32 Å². The molecule has 154 valence electrons. The van der Waals surface area contributed by atoms with Gasteiger partial charge in [-0.15, -0.1) is 0 Å². The number of halogens is 1. The average molecular weight is 408 g/mol. The maximum absolute atomic E-state index is 14.9. The second-order valence-electron chi connectivity index (χ2n) is 6.64. The van der Waals surface area contributed by atoms with E-state index in [1.54, 1.807) is 42.5 Å². The number of ether oxygens (including phenoxy) is 1. The second kappa shape index (κ2) is 8.75. The fraction of sp³-hybridized carbons (Fsp3) is 0.130. The van der Waals surface area contributed by atoms with E-state index >= 15 is 0 Å². The third-order valence-corrected chi connectivity index (χ3v) is 4.78. The number of nitrogens with two attached hydrogens (primary N) is 1. The van der Waals surface area contributed by atoms with Crippen molar-refractivity contribution in [2.75, 3.05) is 7.11 Å². The lowest BCUT2D eigenvalue weighted by atomic mass is 9.85. The third kappa shape index (κ3) is 4.01. The van der Waals surface area contributed by atoms with Crippen LogP contribution in [-0.2, 0) is 16.9 Å². The van der Waals surface area contributed by atoms with Crippen molar-refractivity contribution >= 4 is 11.8 Å². The number of methoxy groups -OCH3 is 1. The highest BCUT2D eigenvalue weighted by molar-refractivity contribution is 5.96. The van der Waals surface area contributed by atoms with Gasteiger partial charge in [0.2, 0.25) is 0 Å². The van der Waals surface area contributed by atoms with Crippen molar-refractivity contribution in [3.8, 4) is 5.75 Å². The van der Waals surface area contributed by atoms with E-state index in [9.17, 15) is 19.1 Å². The first-order valence-electron chi connectivity index (χ1n) is 9.16. The number of para-hydroxylation sites is 1. The number of rotatable bonds is 7. The van der Waals surface area contributed by atoms with Crippen molar-refractivity contribution in [3.63, 3.8) is 0 Å². The molecule has 3 aromatic rings. The Morgan fingerprint density at radius 1 is 1.07 bits per heavy atom. The van der Waals surface area contributed by atoms with Crippen LogP contribution in [0.1, 0.15) is 27.0 Å². The molecule has 0 saturated heterocycles. The van der Waals surface area contributed by atoms with E-state index in [0.29, 0.717) is 16.9 Å². The molecule has 0 spiro atoms. The highest BCUT2D eigenvalue weighted by Gasteiger charge is 2.40. The Hall–Kier alpha value is -3.71. The summed E-state index contributed by atoms with van der Waals surface area (Å²) in [5.74, 6) is -1.87. The Balaban J connectivity index is 1.83. The monoisotopic (exact) mass is 408 g/mol. The van der Waals surface area contributed by atoms with Gasteiger partial charge < -0.3 is 20.9 Å². The third-order valence-electron chi connectivity index (χ3n) is 4.78. The van der Waals surface area contributed by atoms with Crippen LogP contribution in [0.25, 0.3) is 0 Å². The van der Waals surface area contributed by atoms with Gasteiger partial charge in [0.1, 0.15) is 11.6 Å². The highest BCUT2D eigenvalue weighted by atomic mass is 19.1.